The average Bonchev–Trinajstić information content (AvgIpc) is 2.90. The van der Waals surface area contributed by atoms with Gasteiger partial charge in [-0.2, -0.15) is 0 Å². The fraction of sp³-hybridized carbons (Fsp3) is 0.118. The molecule has 1 atom stereocenters. The third-order valence-electron chi connectivity index (χ3n) is 3.43. The van der Waals surface area contributed by atoms with Gasteiger partial charge in [0.2, 0.25) is 0 Å². The van der Waals surface area contributed by atoms with Crippen molar-refractivity contribution in [2.24, 2.45) is 0 Å². The van der Waals surface area contributed by atoms with Gasteiger partial charge in [-0.3, -0.25) is 0 Å². The molecule has 1 N–H and O–H groups in total. The number of hydrogen-bond acceptors (Lipinski definition) is 1. The standard InChI is InChI=1S/C17H15IN2/c1-12(13-8-4-2-5-9-13)17-19-15(16(18)20-17)14-10-6-3-7-11-14/h2-12H,1H3,(H,19,20). The van der Waals surface area contributed by atoms with Crippen molar-refractivity contribution in [2.75, 3.05) is 0 Å². The van der Waals surface area contributed by atoms with E-state index >= 15 is 0 Å². The van der Waals surface area contributed by atoms with Crippen LogP contribution in [0.4, 0.5) is 0 Å². The number of aromatic nitrogens is 2. The van der Waals surface area contributed by atoms with Crippen molar-refractivity contribution in [2.45, 2.75) is 12.8 Å². The van der Waals surface area contributed by atoms with Crippen molar-refractivity contribution in [1.29, 1.82) is 0 Å². The van der Waals surface area contributed by atoms with Gasteiger partial charge in [0.25, 0.3) is 0 Å². The Kier molecular flexibility index (Phi) is 3.87. The molecule has 3 heteroatoms. The quantitative estimate of drug-likeness (QED) is 0.654. The topological polar surface area (TPSA) is 28.7 Å². The number of nitrogens with zero attached hydrogens (tertiary/aromatic N) is 1. The predicted octanol–water partition coefficient (Wildman–Crippen LogP) is 4.83. The maximum atomic E-state index is 4.79. The van der Waals surface area contributed by atoms with Crippen LogP contribution in [0.15, 0.2) is 60.7 Å². The van der Waals surface area contributed by atoms with Crippen LogP contribution >= 0.6 is 22.6 Å². The molecule has 0 bridgehead atoms. The van der Waals surface area contributed by atoms with Gasteiger partial charge >= 0.3 is 0 Å². The lowest BCUT2D eigenvalue weighted by Crippen LogP contribution is -1.98. The fourth-order valence-corrected chi connectivity index (χ4v) is 2.97. The molecule has 0 spiro atoms. The summed E-state index contributed by atoms with van der Waals surface area (Å²) in [5.41, 5.74) is 3.46. The van der Waals surface area contributed by atoms with E-state index in [1.807, 2.05) is 24.3 Å². The Balaban J connectivity index is 1.97. The SMILES string of the molecule is CC(c1ccccc1)c1nc(-c2ccccc2)c(I)[nH]1. The molecular weight excluding hydrogens is 359 g/mol. The molecule has 0 amide bonds. The van der Waals surface area contributed by atoms with Gasteiger partial charge in [0.1, 0.15) is 15.2 Å². The average molecular weight is 374 g/mol. The molecule has 0 radical (unpaired) electrons. The zero-order valence-electron chi connectivity index (χ0n) is 11.2. The molecule has 0 saturated heterocycles. The second-order valence-electron chi connectivity index (χ2n) is 4.78. The maximum absolute atomic E-state index is 4.79. The molecule has 3 aromatic rings. The van der Waals surface area contributed by atoms with E-state index in [9.17, 15) is 0 Å². The maximum Gasteiger partial charge on any atom is 0.114 e. The van der Waals surface area contributed by atoms with E-state index in [0.29, 0.717) is 0 Å². The normalized spacial score (nSPS) is 12.3. The summed E-state index contributed by atoms with van der Waals surface area (Å²) in [5, 5.41) is 0. The second-order valence-corrected chi connectivity index (χ2v) is 5.86. The summed E-state index contributed by atoms with van der Waals surface area (Å²) in [6.45, 7) is 2.18. The molecular formula is C17H15IN2. The molecule has 1 unspecified atom stereocenters. The highest BCUT2D eigenvalue weighted by Gasteiger charge is 2.16. The highest BCUT2D eigenvalue weighted by atomic mass is 127. The highest BCUT2D eigenvalue weighted by Crippen LogP contribution is 2.28. The first-order chi connectivity index (χ1) is 9.75. The molecule has 0 saturated carbocycles. The number of imidazole rings is 1. The van der Waals surface area contributed by atoms with Crippen LogP contribution in [0, 0.1) is 3.70 Å². The number of nitrogens with one attached hydrogen (secondary N) is 1. The Morgan fingerprint density at radius 2 is 1.55 bits per heavy atom. The molecule has 0 aliphatic carbocycles. The number of halogens is 1. The smallest absolute Gasteiger partial charge is 0.114 e. The van der Waals surface area contributed by atoms with Gasteiger partial charge in [0, 0.05) is 11.5 Å². The predicted molar refractivity (Wildman–Crippen MR) is 90.7 cm³/mol. The van der Waals surface area contributed by atoms with E-state index < -0.39 is 0 Å². The summed E-state index contributed by atoms with van der Waals surface area (Å²) in [4.78, 5) is 8.21. The van der Waals surface area contributed by atoms with E-state index in [2.05, 4.69) is 70.9 Å². The van der Waals surface area contributed by atoms with Gasteiger partial charge in [0.15, 0.2) is 0 Å². The van der Waals surface area contributed by atoms with Crippen LogP contribution in [0.25, 0.3) is 11.3 Å². The van der Waals surface area contributed by atoms with Gasteiger partial charge in [-0.15, -0.1) is 0 Å². The first-order valence-corrected chi connectivity index (χ1v) is 7.69. The summed E-state index contributed by atoms with van der Waals surface area (Å²) in [6.07, 6.45) is 0. The van der Waals surface area contributed by atoms with Crippen molar-refractivity contribution >= 4 is 22.6 Å². The van der Waals surface area contributed by atoms with Crippen molar-refractivity contribution in [3.63, 3.8) is 0 Å². The zero-order valence-corrected chi connectivity index (χ0v) is 13.3. The highest BCUT2D eigenvalue weighted by molar-refractivity contribution is 14.1. The van der Waals surface area contributed by atoms with E-state index in [0.717, 1.165) is 20.8 Å². The fourth-order valence-electron chi connectivity index (χ4n) is 2.26. The minimum absolute atomic E-state index is 0.266. The van der Waals surface area contributed by atoms with Gasteiger partial charge in [-0.05, 0) is 28.2 Å². The number of aromatic amines is 1. The van der Waals surface area contributed by atoms with E-state index in [-0.39, 0.29) is 5.92 Å². The van der Waals surface area contributed by atoms with Crippen LogP contribution in [0.2, 0.25) is 0 Å². The first kappa shape index (κ1) is 13.4. The van der Waals surface area contributed by atoms with Crippen molar-refractivity contribution in [1.82, 2.24) is 9.97 Å². The number of hydrogen-bond donors (Lipinski definition) is 1. The molecule has 2 nitrogen and oxygen atoms in total. The molecule has 0 fully saturated rings. The summed E-state index contributed by atoms with van der Waals surface area (Å²) in [5.74, 6) is 1.28. The summed E-state index contributed by atoms with van der Waals surface area (Å²) in [6, 6.07) is 20.7. The molecule has 1 heterocycles. The van der Waals surface area contributed by atoms with Gasteiger partial charge in [-0.25, -0.2) is 4.98 Å². The lowest BCUT2D eigenvalue weighted by Gasteiger charge is -2.08. The van der Waals surface area contributed by atoms with Crippen molar-refractivity contribution in [3.8, 4) is 11.3 Å². The van der Waals surface area contributed by atoms with Crippen LogP contribution in [-0.4, -0.2) is 9.97 Å². The second kappa shape index (κ2) is 5.79. The molecule has 0 aliphatic rings. The Morgan fingerprint density at radius 1 is 0.950 bits per heavy atom. The summed E-state index contributed by atoms with van der Waals surface area (Å²) >= 11 is 2.32. The third kappa shape index (κ3) is 2.63. The molecule has 2 aromatic carbocycles. The number of H-pyrrole nitrogens is 1. The number of rotatable bonds is 3. The third-order valence-corrected chi connectivity index (χ3v) is 4.22. The molecule has 20 heavy (non-hydrogen) atoms. The summed E-state index contributed by atoms with van der Waals surface area (Å²) < 4.78 is 1.09. The van der Waals surface area contributed by atoms with Crippen molar-refractivity contribution in [3.05, 3.63) is 75.8 Å². The van der Waals surface area contributed by atoms with E-state index in [1.54, 1.807) is 0 Å². The Hall–Kier alpha value is -1.62. The van der Waals surface area contributed by atoms with Crippen LogP contribution < -0.4 is 0 Å². The lowest BCUT2D eigenvalue weighted by molar-refractivity contribution is 0.838. The van der Waals surface area contributed by atoms with Gasteiger partial charge in [0.05, 0.1) is 0 Å². The van der Waals surface area contributed by atoms with Gasteiger partial charge in [-0.1, -0.05) is 67.6 Å². The minimum atomic E-state index is 0.266. The largest absolute Gasteiger partial charge is 0.336 e. The van der Waals surface area contributed by atoms with Crippen LogP contribution in [0.1, 0.15) is 24.2 Å². The van der Waals surface area contributed by atoms with Crippen molar-refractivity contribution < 1.29 is 0 Å². The van der Waals surface area contributed by atoms with Crippen LogP contribution in [0.5, 0.6) is 0 Å². The van der Waals surface area contributed by atoms with E-state index in [4.69, 9.17) is 4.98 Å². The lowest BCUT2D eigenvalue weighted by atomic mass is 10.0. The first-order valence-electron chi connectivity index (χ1n) is 6.61. The molecule has 0 aliphatic heterocycles. The molecule has 3 rings (SSSR count). The molecule has 100 valence electrons. The Morgan fingerprint density at radius 3 is 2.20 bits per heavy atom. The monoisotopic (exact) mass is 374 g/mol. The Labute approximate surface area is 132 Å². The Bertz CT molecular complexity index is 690. The summed E-state index contributed by atoms with van der Waals surface area (Å²) in [7, 11) is 0. The van der Waals surface area contributed by atoms with Gasteiger partial charge < -0.3 is 4.98 Å². The van der Waals surface area contributed by atoms with E-state index in [1.165, 1.54) is 5.56 Å². The molecule has 1 aromatic heterocycles. The van der Waals surface area contributed by atoms with Crippen LogP contribution in [0.3, 0.4) is 0 Å². The van der Waals surface area contributed by atoms with Crippen LogP contribution in [-0.2, 0) is 0 Å². The zero-order chi connectivity index (χ0) is 13.9. The minimum Gasteiger partial charge on any atom is -0.336 e. The number of benzene rings is 2.